The highest BCUT2D eigenvalue weighted by Crippen LogP contribution is 2.38. The lowest BCUT2D eigenvalue weighted by Crippen LogP contribution is -2.21. The number of ether oxygens (including phenoxy) is 2. The molecule has 0 saturated carbocycles. The van der Waals surface area contributed by atoms with Gasteiger partial charge in [0.25, 0.3) is 5.91 Å². The zero-order valence-electron chi connectivity index (χ0n) is 17.4. The molecule has 0 bridgehead atoms. The SMILES string of the molecule is CCOc1cc(/C=C2/C(=O)N(c3ccccc3)N=C2C)cc(Cl)c1OC(=O)c1cccs1. The predicted octanol–water partition coefficient (Wildman–Crippen LogP) is 5.83. The van der Waals surface area contributed by atoms with Crippen LogP contribution in [0, 0.1) is 0 Å². The lowest BCUT2D eigenvalue weighted by molar-refractivity contribution is -0.114. The first-order valence-corrected chi connectivity index (χ1v) is 11.1. The third-order valence-electron chi connectivity index (χ3n) is 4.62. The van der Waals surface area contributed by atoms with Gasteiger partial charge in [-0.25, -0.2) is 4.79 Å². The van der Waals surface area contributed by atoms with E-state index in [4.69, 9.17) is 21.1 Å². The number of rotatable bonds is 6. The number of hydrazone groups is 1. The summed E-state index contributed by atoms with van der Waals surface area (Å²) in [6.07, 6.45) is 1.70. The number of hydrogen-bond acceptors (Lipinski definition) is 6. The number of anilines is 1. The molecule has 4 rings (SSSR count). The molecule has 32 heavy (non-hydrogen) atoms. The summed E-state index contributed by atoms with van der Waals surface area (Å²) >= 11 is 7.73. The topological polar surface area (TPSA) is 68.2 Å². The Morgan fingerprint density at radius 2 is 1.97 bits per heavy atom. The maximum atomic E-state index is 13.0. The molecular weight excluding hydrogens is 448 g/mol. The number of para-hydroxylation sites is 1. The summed E-state index contributed by atoms with van der Waals surface area (Å²) < 4.78 is 11.2. The van der Waals surface area contributed by atoms with Crippen LogP contribution in [0.4, 0.5) is 5.69 Å². The molecular formula is C24H19ClN2O4S. The van der Waals surface area contributed by atoms with Crippen molar-refractivity contribution in [2.45, 2.75) is 13.8 Å². The molecule has 1 aliphatic heterocycles. The third-order valence-corrected chi connectivity index (χ3v) is 5.75. The van der Waals surface area contributed by atoms with Crippen LogP contribution in [0.2, 0.25) is 5.02 Å². The van der Waals surface area contributed by atoms with E-state index in [-0.39, 0.29) is 16.7 Å². The Bertz CT molecular complexity index is 1220. The van der Waals surface area contributed by atoms with Gasteiger partial charge >= 0.3 is 5.97 Å². The molecule has 8 heteroatoms. The summed E-state index contributed by atoms with van der Waals surface area (Å²) in [4.78, 5) is 25.8. The normalized spacial score (nSPS) is 14.6. The Morgan fingerprint density at radius 1 is 1.19 bits per heavy atom. The monoisotopic (exact) mass is 466 g/mol. The Balaban J connectivity index is 1.66. The Labute approximate surface area is 194 Å². The summed E-state index contributed by atoms with van der Waals surface area (Å²) in [7, 11) is 0. The van der Waals surface area contributed by atoms with Crippen molar-refractivity contribution in [3.05, 3.63) is 81.0 Å². The van der Waals surface area contributed by atoms with Gasteiger partial charge in [-0.05, 0) is 61.2 Å². The van der Waals surface area contributed by atoms with E-state index >= 15 is 0 Å². The van der Waals surface area contributed by atoms with E-state index in [1.165, 1.54) is 16.3 Å². The fourth-order valence-corrected chi connectivity index (χ4v) is 4.02. The van der Waals surface area contributed by atoms with Crippen LogP contribution in [0.15, 0.2) is 70.7 Å². The lowest BCUT2D eigenvalue weighted by Gasteiger charge is -2.13. The summed E-state index contributed by atoms with van der Waals surface area (Å²) in [6, 6.07) is 16.0. The van der Waals surface area contributed by atoms with Crippen molar-refractivity contribution < 1.29 is 19.1 Å². The maximum absolute atomic E-state index is 13.0. The minimum Gasteiger partial charge on any atom is -0.490 e. The Kier molecular flexibility index (Phi) is 6.39. The lowest BCUT2D eigenvalue weighted by atomic mass is 10.1. The van der Waals surface area contributed by atoms with E-state index in [0.717, 1.165) is 0 Å². The van der Waals surface area contributed by atoms with Crippen molar-refractivity contribution >= 4 is 52.3 Å². The van der Waals surface area contributed by atoms with Gasteiger partial charge in [-0.15, -0.1) is 11.3 Å². The first-order chi connectivity index (χ1) is 15.5. The number of carbonyl (C=O) groups excluding carboxylic acids is 2. The fourth-order valence-electron chi connectivity index (χ4n) is 3.17. The largest absolute Gasteiger partial charge is 0.490 e. The summed E-state index contributed by atoms with van der Waals surface area (Å²) in [5, 5.41) is 7.74. The second-order valence-corrected chi connectivity index (χ2v) is 8.18. The highest BCUT2D eigenvalue weighted by atomic mass is 35.5. The van der Waals surface area contributed by atoms with Gasteiger partial charge in [0, 0.05) is 0 Å². The Morgan fingerprint density at radius 3 is 2.66 bits per heavy atom. The van der Waals surface area contributed by atoms with Crippen molar-refractivity contribution in [2.75, 3.05) is 11.6 Å². The smallest absolute Gasteiger partial charge is 0.353 e. The van der Waals surface area contributed by atoms with Crippen molar-refractivity contribution in [3.8, 4) is 11.5 Å². The molecule has 0 unspecified atom stereocenters. The van der Waals surface area contributed by atoms with E-state index in [2.05, 4.69) is 5.10 Å². The summed E-state index contributed by atoms with van der Waals surface area (Å²) in [6.45, 7) is 3.94. The molecule has 2 aromatic carbocycles. The van der Waals surface area contributed by atoms with Crippen LogP contribution >= 0.6 is 22.9 Å². The van der Waals surface area contributed by atoms with E-state index in [9.17, 15) is 9.59 Å². The summed E-state index contributed by atoms with van der Waals surface area (Å²) in [5.74, 6) is -0.294. The van der Waals surface area contributed by atoms with E-state index in [0.29, 0.717) is 39.8 Å². The van der Waals surface area contributed by atoms with E-state index < -0.39 is 5.97 Å². The highest BCUT2D eigenvalue weighted by Gasteiger charge is 2.29. The molecule has 1 aromatic heterocycles. The van der Waals surface area contributed by atoms with Crippen molar-refractivity contribution in [1.29, 1.82) is 0 Å². The molecule has 2 heterocycles. The number of amides is 1. The molecule has 3 aromatic rings. The average Bonchev–Trinajstić information content (AvgIpc) is 3.41. The average molecular weight is 467 g/mol. The molecule has 1 amide bonds. The van der Waals surface area contributed by atoms with Gasteiger partial charge in [0.15, 0.2) is 11.5 Å². The van der Waals surface area contributed by atoms with Crippen LogP contribution < -0.4 is 14.5 Å². The quantitative estimate of drug-likeness (QED) is 0.260. The van der Waals surface area contributed by atoms with Gasteiger partial charge in [-0.2, -0.15) is 10.1 Å². The highest BCUT2D eigenvalue weighted by molar-refractivity contribution is 7.12. The second-order valence-electron chi connectivity index (χ2n) is 6.83. The van der Waals surface area contributed by atoms with Crippen LogP contribution in [0.25, 0.3) is 6.08 Å². The van der Waals surface area contributed by atoms with Gasteiger partial charge in [0.2, 0.25) is 0 Å². The number of halogens is 1. The second kappa shape index (κ2) is 9.38. The predicted molar refractivity (Wildman–Crippen MR) is 127 cm³/mol. The number of esters is 1. The van der Waals surface area contributed by atoms with Gasteiger partial charge in [0.1, 0.15) is 4.88 Å². The van der Waals surface area contributed by atoms with Crippen LogP contribution in [0.5, 0.6) is 11.5 Å². The van der Waals surface area contributed by atoms with Crippen LogP contribution in [0.1, 0.15) is 29.1 Å². The minimum atomic E-state index is -0.513. The first-order valence-electron chi connectivity index (χ1n) is 9.86. The van der Waals surface area contributed by atoms with Crippen LogP contribution in [-0.2, 0) is 4.79 Å². The number of thiophene rings is 1. The number of carbonyl (C=O) groups is 2. The molecule has 0 spiro atoms. The van der Waals surface area contributed by atoms with Crippen molar-refractivity contribution in [3.63, 3.8) is 0 Å². The molecule has 0 atom stereocenters. The van der Waals surface area contributed by atoms with Gasteiger partial charge in [-0.3, -0.25) is 4.79 Å². The minimum absolute atomic E-state index is 0.142. The summed E-state index contributed by atoms with van der Waals surface area (Å²) in [5.41, 5.74) is 2.34. The van der Waals surface area contributed by atoms with Crippen molar-refractivity contribution in [1.82, 2.24) is 0 Å². The van der Waals surface area contributed by atoms with Gasteiger partial charge < -0.3 is 9.47 Å². The molecule has 0 saturated heterocycles. The molecule has 0 aliphatic carbocycles. The number of benzene rings is 2. The van der Waals surface area contributed by atoms with E-state index in [1.54, 1.807) is 42.6 Å². The van der Waals surface area contributed by atoms with Crippen molar-refractivity contribution in [2.24, 2.45) is 5.10 Å². The van der Waals surface area contributed by atoms with E-state index in [1.807, 2.05) is 37.3 Å². The zero-order valence-corrected chi connectivity index (χ0v) is 18.9. The fraction of sp³-hybridized carbons (Fsp3) is 0.125. The number of nitrogens with zero attached hydrogens (tertiary/aromatic N) is 2. The molecule has 6 nitrogen and oxygen atoms in total. The molecule has 1 aliphatic rings. The molecule has 162 valence electrons. The standard InChI is InChI=1S/C24H19ClN2O4S/c1-3-30-20-14-16(13-19(25)22(20)31-24(29)21-10-7-11-32-21)12-18-15(2)26-27(23(18)28)17-8-5-4-6-9-17/h4-14H,3H2,1-2H3/b18-12+. The third kappa shape index (κ3) is 4.44. The van der Waals surface area contributed by atoms with Crippen LogP contribution in [-0.4, -0.2) is 24.2 Å². The molecule has 0 N–H and O–H groups in total. The van der Waals surface area contributed by atoms with Gasteiger partial charge in [0.05, 0.1) is 28.6 Å². The van der Waals surface area contributed by atoms with Crippen LogP contribution in [0.3, 0.4) is 0 Å². The first kappa shape index (κ1) is 21.8. The number of hydrogen-bond donors (Lipinski definition) is 0. The molecule has 0 fully saturated rings. The Hall–Kier alpha value is -3.42. The zero-order chi connectivity index (χ0) is 22.7. The molecule has 0 radical (unpaired) electrons. The van der Waals surface area contributed by atoms with Gasteiger partial charge in [-0.1, -0.05) is 35.9 Å². The maximum Gasteiger partial charge on any atom is 0.353 e.